The van der Waals surface area contributed by atoms with Crippen LogP contribution in [0.1, 0.15) is 5.56 Å². The molecular formula is C20H18FN3O. The van der Waals surface area contributed by atoms with Crippen molar-refractivity contribution in [2.45, 2.75) is 6.54 Å². The number of hydrogen-bond donors (Lipinski definition) is 3. The Hall–Kier alpha value is -3.34. The third kappa shape index (κ3) is 4.81. The van der Waals surface area contributed by atoms with E-state index >= 15 is 0 Å². The van der Waals surface area contributed by atoms with E-state index in [-0.39, 0.29) is 18.4 Å². The molecule has 0 aromatic heterocycles. The number of para-hydroxylation sites is 1. The summed E-state index contributed by atoms with van der Waals surface area (Å²) in [5, 5.41) is 8.63. The predicted molar refractivity (Wildman–Crippen MR) is 98.4 cm³/mol. The van der Waals surface area contributed by atoms with Gasteiger partial charge in [0.15, 0.2) is 0 Å². The van der Waals surface area contributed by atoms with Gasteiger partial charge in [-0.25, -0.2) is 9.18 Å². The van der Waals surface area contributed by atoms with Crippen molar-refractivity contribution < 1.29 is 9.18 Å². The van der Waals surface area contributed by atoms with Crippen LogP contribution in [0.3, 0.4) is 0 Å². The van der Waals surface area contributed by atoms with Crippen molar-refractivity contribution in [2.75, 3.05) is 10.6 Å². The Balaban J connectivity index is 1.52. The predicted octanol–water partition coefficient (Wildman–Crippen LogP) is 4.89. The van der Waals surface area contributed by atoms with Crippen molar-refractivity contribution in [3.05, 3.63) is 90.2 Å². The standard InChI is InChI=1S/C20H18FN3O/c21-19-9-5-4-6-15(19)14-22-20(25)24-18-12-10-17(11-13-18)23-16-7-2-1-3-8-16/h1-13,23H,14H2,(H2,22,24,25). The van der Waals surface area contributed by atoms with Crippen molar-refractivity contribution in [2.24, 2.45) is 0 Å². The molecule has 0 radical (unpaired) electrons. The smallest absolute Gasteiger partial charge is 0.319 e. The highest BCUT2D eigenvalue weighted by atomic mass is 19.1. The van der Waals surface area contributed by atoms with Crippen molar-refractivity contribution in [1.29, 1.82) is 0 Å². The Morgan fingerprint density at radius 2 is 1.36 bits per heavy atom. The molecule has 0 atom stereocenters. The Kier molecular flexibility index (Phi) is 5.26. The van der Waals surface area contributed by atoms with Gasteiger partial charge in [0.05, 0.1) is 0 Å². The molecule has 25 heavy (non-hydrogen) atoms. The van der Waals surface area contributed by atoms with Crippen LogP contribution in [0.4, 0.5) is 26.2 Å². The van der Waals surface area contributed by atoms with E-state index in [1.807, 2.05) is 42.5 Å². The molecule has 0 aliphatic heterocycles. The van der Waals surface area contributed by atoms with E-state index in [9.17, 15) is 9.18 Å². The van der Waals surface area contributed by atoms with Gasteiger partial charge in [-0.1, -0.05) is 36.4 Å². The van der Waals surface area contributed by atoms with Crippen molar-refractivity contribution >= 4 is 23.1 Å². The average Bonchev–Trinajstić information content (AvgIpc) is 2.64. The second-order valence-corrected chi connectivity index (χ2v) is 5.47. The summed E-state index contributed by atoms with van der Waals surface area (Å²) in [6.07, 6.45) is 0. The molecule has 3 rings (SSSR count). The Morgan fingerprint density at radius 1 is 0.760 bits per heavy atom. The van der Waals surface area contributed by atoms with Crippen LogP contribution in [0.15, 0.2) is 78.9 Å². The largest absolute Gasteiger partial charge is 0.356 e. The first-order chi connectivity index (χ1) is 12.2. The van der Waals surface area contributed by atoms with Gasteiger partial charge in [-0.2, -0.15) is 0 Å². The molecule has 126 valence electrons. The molecule has 3 aromatic carbocycles. The topological polar surface area (TPSA) is 53.2 Å². The molecule has 0 spiro atoms. The zero-order chi connectivity index (χ0) is 17.5. The first-order valence-corrected chi connectivity index (χ1v) is 7.91. The molecule has 0 aliphatic carbocycles. The van der Waals surface area contributed by atoms with Gasteiger partial charge in [0.25, 0.3) is 0 Å². The quantitative estimate of drug-likeness (QED) is 0.622. The first-order valence-electron chi connectivity index (χ1n) is 7.91. The number of amides is 2. The van der Waals surface area contributed by atoms with Gasteiger partial charge in [0, 0.05) is 29.2 Å². The lowest BCUT2D eigenvalue weighted by atomic mass is 10.2. The van der Waals surface area contributed by atoms with Crippen molar-refractivity contribution in [1.82, 2.24) is 5.32 Å². The second kappa shape index (κ2) is 7.97. The van der Waals surface area contributed by atoms with Crippen LogP contribution in [0.5, 0.6) is 0 Å². The number of urea groups is 1. The highest BCUT2D eigenvalue weighted by Gasteiger charge is 2.05. The van der Waals surface area contributed by atoms with Gasteiger partial charge in [-0.15, -0.1) is 0 Å². The Bertz CT molecular complexity index is 835. The maximum absolute atomic E-state index is 13.5. The third-order valence-electron chi connectivity index (χ3n) is 3.60. The molecule has 0 aliphatic rings. The number of halogens is 1. The van der Waals surface area contributed by atoms with Gasteiger partial charge >= 0.3 is 6.03 Å². The summed E-state index contributed by atoms with van der Waals surface area (Å²) in [4.78, 5) is 11.9. The number of nitrogens with one attached hydrogen (secondary N) is 3. The number of anilines is 3. The lowest BCUT2D eigenvalue weighted by Crippen LogP contribution is -2.28. The Labute approximate surface area is 145 Å². The summed E-state index contributed by atoms with van der Waals surface area (Å²) in [7, 11) is 0. The highest BCUT2D eigenvalue weighted by Crippen LogP contribution is 2.18. The lowest BCUT2D eigenvalue weighted by molar-refractivity contribution is 0.251. The molecule has 0 bridgehead atoms. The van der Waals surface area contributed by atoms with Gasteiger partial charge < -0.3 is 16.0 Å². The van der Waals surface area contributed by atoms with Crippen LogP contribution in [-0.2, 0) is 6.54 Å². The molecule has 0 heterocycles. The van der Waals surface area contributed by atoms with Crippen molar-refractivity contribution in [3.8, 4) is 0 Å². The maximum Gasteiger partial charge on any atom is 0.319 e. The van der Waals surface area contributed by atoms with Crippen LogP contribution < -0.4 is 16.0 Å². The van der Waals surface area contributed by atoms with Crippen LogP contribution >= 0.6 is 0 Å². The SMILES string of the molecule is O=C(NCc1ccccc1F)Nc1ccc(Nc2ccccc2)cc1. The molecule has 2 amide bonds. The molecule has 5 heteroatoms. The minimum Gasteiger partial charge on any atom is -0.356 e. The van der Waals surface area contributed by atoms with Crippen molar-refractivity contribution in [3.63, 3.8) is 0 Å². The van der Waals surface area contributed by atoms with E-state index in [0.29, 0.717) is 11.3 Å². The van der Waals surface area contributed by atoms with Gasteiger partial charge in [0.1, 0.15) is 5.82 Å². The normalized spacial score (nSPS) is 10.1. The van der Waals surface area contributed by atoms with Gasteiger partial charge in [0.2, 0.25) is 0 Å². The number of hydrogen-bond acceptors (Lipinski definition) is 2. The van der Waals surface area contributed by atoms with Gasteiger partial charge in [-0.3, -0.25) is 0 Å². The third-order valence-corrected chi connectivity index (χ3v) is 3.60. The average molecular weight is 335 g/mol. The summed E-state index contributed by atoms with van der Waals surface area (Å²) in [5.74, 6) is -0.334. The fraction of sp³-hybridized carbons (Fsp3) is 0.0500. The molecule has 4 nitrogen and oxygen atoms in total. The molecular weight excluding hydrogens is 317 g/mol. The maximum atomic E-state index is 13.5. The van der Waals surface area contributed by atoms with Crippen LogP contribution in [0.25, 0.3) is 0 Å². The number of rotatable bonds is 5. The van der Waals surface area contributed by atoms with Crippen LogP contribution in [0, 0.1) is 5.82 Å². The number of carbonyl (C=O) groups is 1. The van der Waals surface area contributed by atoms with E-state index in [4.69, 9.17) is 0 Å². The zero-order valence-corrected chi connectivity index (χ0v) is 13.5. The first kappa shape index (κ1) is 16.5. The van der Waals surface area contributed by atoms with Gasteiger partial charge in [-0.05, 0) is 42.5 Å². The summed E-state index contributed by atoms with van der Waals surface area (Å²) >= 11 is 0. The fourth-order valence-electron chi connectivity index (χ4n) is 2.32. The monoisotopic (exact) mass is 335 g/mol. The van der Waals surface area contributed by atoms with Crippen LogP contribution in [-0.4, -0.2) is 6.03 Å². The van der Waals surface area contributed by atoms with Crippen LogP contribution in [0.2, 0.25) is 0 Å². The molecule has 0 saturated heterocycles. The minimum atomic E-state index is -0.382. The number of benzene rings is 3. The van der Waals surface area contributed by atoms with E-state index < -0.39 is 0 Å². The molecule has 3 aromatic rings. The fourth-order valence-corrected chi connectivity index (χ4v) is 2.32. The second-order valence-electron chi connectivity index (χ2n) is 5.47. The molecule has 0 saturated carbocycles. The zero-order valence-electron chi connectivity index (χ0n) is 13.5. The van der Waals surface area contributed by atoms with E-state index in [1.165, 1.54) is 6.07 Å². The molecule has 0 unspecified atom stereocenters. The summed E-state index contributed by atoms with van der Waals surface area (Å²) in [5.41, 5.74) is 3.01. The summed E-state index contributed by atoms with van der Waals surface area (Å²) < 4.78 is 13.5. The highest BCUT2D eigenvalue weighted by molar-refractivity contribution is 5.89. The lowest BCUT2D eigenvalue weighted by Gasteiger charge is -2.10. The minimum absolute atomic E-state index is 0.131. The number of carbonyl (C=O) groups excluding carboxylic acids is 1. The summed E-state index contributed by atoms with van der Waals surface area (Å²) in [6, 6.07) is 23.1. The molecule has 3 N–H and O–H groups in total. The molecule has 0 fully saturated rings. The summed E-state index contributed by atoms with van der Waals surface area (Å²) in [6.45, 7) is 0.131. The van der Waals surface area contributed by atoms with E-state index in [2.05, 4.69) is 16.0 Å². The van der Waals surface area contributed by atoms with E-state index in [1.54, 1.807) is 30.3 Å². The Morgan fingerprint density at radius 3 is 2.08 bits per heavy atom. The van der Waals surface area contributed by atoms with E-state index in [0.717, 1.165) is 11.4 Å².